The van der Waals surface area contributed by atoms with E-state index in [1.54, 1.807) is 6.07 Å². The standard InChI is InChI=1S/C21H13Cl2F4N5O2/c1-9(33)34-8-11-3-2-10(4-12(11)24)5-13-21-28-6-15(25)32(21)7-14(29-13)20-30-17(22)16(19(26)27)18(23)31-20/h2-4,6-7,19H,5,8H2,1H3. The predicted octanol–water partition coefficient (Wildman–Crippen LogP) is 5.36. The van der Waals surface area contributed by atoms with Crippen molar-refractivity contribution in [2.45, 2.75) is 26.4 Å². The molecule has 0 amide bonds. The van der Waals surface area contributed by atoms with Crippen molar-refractivity contribution in [1.82, 2.24) is 24.3 Å². The van der Waals surface area contributed by atoms with E-state index in [1.807, 2.05) is 0 Å². The third-order valence-electron chi connectivity index (χ3n) is 4.74. The lowest BCUT2D eigenvalue weighted by Crippen LogP contribution is -2.06. The Balaban J connectivity index is 1.75. The summed E-state index contributed by atoms with van der Waals surface area (Å²) in [7, 11) is 0. The lowest BCUT2D eigenvalue weighted by Gasteiger charge is -2.10. The van der Waals surface area contributed by atoms with E-state index in [4.69, 9.17) is 27.9 Å². The zero-order valence-corrected chi connectivity index (χ0v) is 18.7. The summed E-state index contributed by atoms with van der Waals surface area (Å²) in [5.74, 6) is -2.09. The topological polar surface area (TPSA) is 82.3 Å². The van der Waals surface area contributed by atoms with Crippen LogP contribution in [0.3, 0.4) is 0 Å². The van der Waals surface area contributed by atoms with Gasteiger partial charge in [-0.3, -0.25) is 9.20 Å². The number of esters is 1. The predicted molar refractivity (Wildman–Crippen MR) is 114 cm³/mol. The van der Waals surface area contributed by atoms with Gasteiger partial charge in [-0.05, 0) is 11.6 Å². The van der Waals surface area contributed by atoms with Crippen molar-refractivity contribution in [1.29, 1.82) is 0 Å². The van der Waals surface area contributed by atoms with Crippen LogP contribution < -0.4 is 0 Å². The minimum absolute atomic E-state index is 0.0176. The quantitative estimate of drug-likeness (QED) is 0.196. The van der Waals surface area contributed by atoms with Crippen molar-refractivity contribution in [2.75, 3.05) is 0 Å². The monoisotopic (exact) mass is 513 g/mol. The van der Waals surface area contributed by atoms with Crippen molar-refractivity contribution in [3.8, 4) is 11.5 Å². The summed E-state index contributed by atoms with van der Waals surface area (Å²) in [5.41, 5.74) is 0.260. The number of hydrogen-bond acceptors (Lipinski definition) is 6. The van der Waals surface area contributed by atoms with Crippen LogP contribution in [0.4, 0.5) is 17.6 Å². The van der Waals surface area contributed by atoms with Crippen molar-refractivity contribution in [3.63, 3.8) is 0 Å². The van der Waals surface area contributed by atoms with Gasteiger partial charge in [0, 0.05) is 25.1 Å². The summed E-state index contributed by atoms with van der Waals surface area (Å²) >= 11 is 11.7. The van der Waals surface area contributed by atoms with Crippen LogP contribution in [0.15, 0.2) is 30.6 Å². The molecule has 0 aliphatic heterocycles. The van der Waals surface area contributed by atoms with Gasteiger partial charge in [0.15, 0.2) is 11.5 Å². The first-order valence-electron chi connectivity index (χ1n) is 9.58. The van der Waals surface area contributed by atoms with E-state index in [9.17, 15) is 22.4 Å². The Morgan fingerprint density at radius 3 is 2.47 bits per heavy atom. The van der Waals surface area contributed by atoms with Gasteiger partial charge in [-0.25, -0.2) is 33.1 Å². The summed E-state index contributed by atoms with van der Waals surface area (Å²) in [6.07, 6.45) is -0.790. The highest BCUT2D eigenvalue weighted by atomic mass is 35.5. The Bertz CT molecular complexity index is 1390. The smallest absolute Gasteiger partial charge is 0.302 e. The summed E-state index contributed by atoms with van der Waals surface area (Å²) in [6.45, 7) is 0.989. The van der Waals surface area contributed by atoms with Gasteiger partial charge in [0.2, 0.25) is 5.95 Å². The largest absolute Gasteiger partial charge is 0.461 e. The fourth-order valence-corrected chi connectivity index (χ4v) is 3.70. The number of halogens is 6. The van der Waals surface area contributed by atoms with E-state index in [1.165, 1.54) is 25.3 Å². The summed E-state index contributed by atoms with van der Waals surface area (Å²) in [6, 6.07) is 4.27. The highest BCUT2D eigenvalue weighted by Crippen LogP contribution is 2.33. The molecule has 1 aromatic carbocycles. The fourth-order valence-electron chi connectivity index (χ4n) is 3.15. The highest BCUT2D eigenvalue weighted by molar-refractivity contribution is 6.34. The molecule has 0 N–H and O–H groups in total. The zero-order chi connectivity index (χ0) is 24.6. The number of benzene rings is 1. The average Bonchev–Trinajstić information content (AvgIpc) is 3.13. The molecule has 34 heavy (non-hydrogen) atoms. The second-order valence-electron chi connectivity index (χ2n) is 7.07. The number of carbonyl (C=O) groups is 1. The van der Waals surface area contributed by atoms with Gasteiger partial charge in [-0.1, -0.05) is 35.3 Å². The molecule has 7 nitrogen and oxygen atoms in total. The summed E-state index contributed by atoms with van der Waals surface area (Å²) < 4.78 is 60.9. The SMILES string of the molecule is CC(=O)OCc1ccc(Cc2nc(-c3nc(Cl)c(C(F)F)c(Cl)n3)cn3c(F)cnc23)cc1F. The molecule has 3 heterocycles. The van der Waals surface area contributed by atoms with E-state index in [2.05, 4.69) is 19.9 Å². The molecule has 176 valence electrons. The molecule has 0 unspecified atom stereocenters. The van der Waals surface area contributed by atoms with Gasteiger partial charge in [-0.15, -0.1) is 0 Å². The Morgan fingerprint density at radius 2 is 1.85 bits per heavy atom. The Hall–Kier alpha value is -3.31. The molecule has 4 aromatic rings. The number of nitrogens with zero attached hydrogens (tertiary/aromatic N) is 5. The van der Waals surface area contributed by atoms with E-state index < -0.39 is 40.0 Å². The molecule has 4 rings (SSSR count). The van der Waals surface area contributed by atoms with Gasteiger partial charge in [0.25, 0.3) is 6.43 Å². The van der Waals surface area contributed by atoms with Crippen molar-refractivity contribution >= 4 is 34.8 Å². The first-order chi connectivity index (χ1) is 16.1. The van der Waals surface area contributed by atoms with E-state index in [-0.39, 0.29) is 41.5 Å². The molecule has 0 fully saturated rings. The third-order valence-corrected chi connectivity index (χ3v) is 5.31. The first kappa shape index (κ1) is 23.8. The second kappa shape index (κ2) is 9.51. The van der Waals surface area contributed by atoms with Crippen molar-refractivity contribution in [2.24, 2.45) is 0 Å². The zero-order valence-electron chi connectivity index (χ0n) is 17.2. The summed E-state index contributed by atoms with van der Waals surface area (Å²) in [5, 5.41) is -1.13. The molecule has 0 atom stereocenters. The van der Waals surface area contributed by atoms with E-state index in [0.29, 0.717) is 5.56 Å². The van der Waals surface area contributed by atoms with Crippen molar-refractivity contribution < 1.29 is 27.1 Å². The van der Waals surface area contributed by atoms with Crippen LogP contribution in [0.25, 0.3) is 17.2 Å². The van der Waals surface area contributed by atoms with Crippen LogP contribution in [0, 0.1) is 11.8 Å². The molecule has 0 radical (unpaired) electrons. The van der Waals surface area contributed by atoms with Crippen LogP contribution in [-0.2, 0) is 22.6 Å². The van der Waals surface area contributed by atoms with Gasteiger partial charge in [0.1, 0.15) is 28.4 Å². The fraction of sp³-hybridized carbons (Fsp3) is 0.190. The van der Waals surface area contributed by atoms with Crippen LogP contribution in [0.5, 0.6) is 0 Å². The van der Waals surface area contributed by atoms with E-state index in [0.717, 1.165) is 10.6 Å². The summed E-state index contributed by atoms with van der Waals surface area (Å²) in [4.78, 5) is 27.0. The van der Waals surface area contributed by atoms with Crippen LogP contribution >= 0.6 is 23.2 Å². The molecule has 3 aromatic heterocycles. The maximum Gasteiger partial charge on any atom is 0.302 e. The third kappa shape index (κ3) is 4.80. The number of fused-ring (bicyclic) bond motifs is 1. The Kier molecular flexibility index (Phi) is 6.67. The number of imidazole rings is 1. The average molecular weight is 514 g/mol. The molecule has 0 aliphatic carbocycles. The maximum absolute atomic E-state index is 14.5. The normalized spacial score (nSPS) is 11.4. The van der Waals surface area contributed by atoms with Gasteiger partial charge in [-0.2, -0.15) is 4.39 Å². The molecule has 0 spiro atoms. The number of carbonyl (C=O) groups excluding carboxylic acids is 1. The number of alkyl halides is 2. The number of aromatic nitrogens is 5. The first-order valence-corrected chi connectivity index (χ1v) is 10.3. The lowest BCUT2D eigenvalue weighted by atomic mass is 10.1. The molecular weight excluding hydrogens is 501 g/mol. The number of hydrogen-bond donors (Lipinski definition) is 0. The molecule has 0 saturated carbocycles. The Labute approximate surface area is 199 Å². The number of rotatable bonds is 6. The Morgan fingerprint density at radius 1 is 1.15 bits per heavy atom. The van der Waals surface area contributed by atoms with Gasteiger partial charge < -0.3 is 4.74 Å². The molecule has 13 heteroatoms. The van der Waals surface area contributed by atoms with Crippen LogP contribution in [0.2, 0.25) is 10.3 Å². The molecular formula is C21H13Cl2F4N5O2. The molecule has 0 saturated heterocycles. The minimum Gasteiger partial charge on any atom is -0.461 e. The number of ether oxygens (including phenoxy) is 1. The van der Waals surface area contributed by atoms with Crippen molar-refractivity contribution in [3.05, 3.63) is 75.0 Å². The molecule has 0 bridgehead atoms. The van der Waals surface area contributed by atoms with Gasteiger partial charge >= 0.3 is 5.97 Å². The second-order valence-corrected chi connectivity index (χ2v) is 7.79. The maximum atomic E-state index is 14.5. The van der Waals surface area contributed by atoms with Crippen LogP contribution in [0.1, 0.15) is 35.7 Å². The highest BCUT2D eigenvalue weighted by Gasteiger charge is 2.22. The van der Waals surface area contributed by atoms with Gasteiger partial charge in [0.05, 0.1) is 17.5 Å². The molecule has 0 aliphatic rings. The lowest BCUT2D eigenvalue weighted by molar-refractivity contribution is -0.142. The van der Waals surface area contributed by atoms with Crippen LogP contribution in [-0.4, -0.2) is 30.3 Å². The van der Waals surface area contributed by atoms with E-state index >= 15 is 0 Å². The minimum atomic E-state index is -3.00.